The molecule has 1 aliphatic rings. The van der Waals surface area contributed by atoms with Crippen LogP contribution >= 0.6 is 0 Å². The highest BCUT2D eigenvalue weighted by Crippen LogP contribution is 2.03. The van der Waals surface area contributed by atoms with Crippen molar-refractivity contribution in [3.8, 4) is 0 Å². The van der Waals surface area contributed by atoms with Gasteiger partial charge in [-0.15, -0.1) is 0 Å². The molecule has 0 bridgehead atoms. The molecule has 1 aliphatic heterocycles. The lowest BCUT2D eigenvalue weighted by Gasteiger charge is -2.38. The van der Waals surface area contributed by atoms with E-state index >= 15 is 0 Å². The van der Waals surface area contributed by atoms with Crippen LogP contribution in [0.1, 0.15) is 0 Å². The highest BCUT2D eigenvalue weighted by Gasteiger charge is 2.22. The fraction of sp³-hybridized carbons (Fsp3) is 1.00. The van der Waals surface area contributed by atoms with Crippen LogP contribution in [0.2, 0.25) is 0 Å². The Balaban J connectivity index is 2.39. The third-order valence-corrected chi connectivity index (χ3v) is 3.11. The van der Waals surface area contributed by atoms with E-state index in [1.807, 2.05) is 0 Å². The molecule has 0 aromatic heterocycles. The number of hydrogen-bond donors (Lipinski definition) is 0. The molecular weight excluding hydrogens is 144 g/mol. The van der Waals surface area contributed by atoms with Gasteiger partial charge in [-0.05, 0) is 0 Å². The lowest BCUT2D eigenvalue weighted by Crippen LogP contribution is -2.56. The highest BCUT2D eigenvalue weighted by molar-refractivity contribution is 6.27. The van der Waals surface area contributed by atoms with Crippen molar-refractivity contribution in [2.45, 2.75) is 0 Å². The fourth-order valence-electron chi connectivity index (χ4n) is 1.15. The van der Waals surface area contributed by atoms with Crippen LogP contribution in [0.3, 0.4) is 0 Å². The van der Waals surface area contributed by atoms with Crippen LogP contribution in [0, 0.1) is 0 Å². The molecule has 0 aliphatic carbocycles. The minimum absolute atomic E-state index is 0.208. The average Bonchev–Trinajstić information content (AvgIpc) is 1.88. The molecule has 0 saturated carbocycles. The normalized spacial score (nSPS) is 25.5. The molecule has 1 rings (SSSR count). The Labute approximate surface area is 65.1 Å². The summed E-state index contributed by atoms with van der Waals surface area (Å²) in [7, 11) is 6.42. The van der Waals surface area contributed by atoms with E-state index in [-0.39, 0.29) is 9.76 Å². The maximum absolute atomic E-state index is 5.38. The molecule has 10 heavy (non-hydrogen) atoms. The van der Waals surface area contributed by atoms with Crippen molar-refractivity contribution >= 4 is 9.76 Å². The van der Waals surface area contributed by atoms with Gasteiger partial charge in [0.1, 0.15) is 0 Å². The molecule has 1 saturated heterocycles. The van der Waals surface area contributed by atoms with E-state index in [0.717, 1.165) is 17.7 Å². The van der Waals surface area contributed by atoms with Crippen molar-refractivity contribution in [1.29, 1.82) is 0 Å². The first-order valence-corrected chi connectivity index (χ1v) is 5.33. The summed E-state index contributed by atoms with van der Waals surface area (Å²) in [5, 5.41) is 2.45. The van der Waals surface area contributed by atoms with Gasteiger partial charge in [0.2, 0.25) is 0 Å². The number of quaternary nitrogens is 1. The Morgan fingerprint density at radius 3 is 2.40 bits per heavy atom. The van der Waals surface area contributed by atoms with Gasteiger partial charge in [-0.3, -0.25) is 4.59 Å². The van der Waals surface area contributed by atoms with Crippen molar-refractivity contribution in [3.63, 3.8) is 0 Å². The Hall–Kier alpha value is 0.0969. The molecule has 4 heteroatoms. The van der Waals surface area contributed by atoms with Crippen LogP contribution in [0.5, 0.6) is 0 Å². The van der Waals surface area contributed by atoms with E-state index in [2.05, 4.69) is 26.2 Å². The minimum atomic E-state index is -0.208. The van der Waals surface area contributed by atoms with Gasteiger partial charge in [-0.25, -0.2) is 0 Å². The average molecular weight is 161 g/mol. The SMILES string of the molecule is C[N+](C)(C)N1CCO[SiH2]C1. The first-order valence-electron chi connectivity index (χ1n) is 3.75. The van der Waals surface area contributed by atoms with Gasteiger partial charge < -0.3 is 4.43 Å². The van der Waals surface area contributed by atoms with Gasteiger partial charge in [0.15, 0.2) is 9.76 Å². The van der Waals surface area contributed by atoms with Crippen LogP contribution in [0.4, 0.5) is 0 Å². The topological polar surface area (TPSA) is 12.5 Å². The molecule has 0 aromatic carbocycles. The molecular formula is C6H17N2OSi+. The van der Waals surface area contributed by atoms with Crippen LogP contribution in [0.15, 0.2) is 0 Å². The summed E-state index contributed by atoms with van der Waals surface area (Å²) in [6.45, 7) is 2.04. The summed E-state index contributed by atoms with van der Waals surface area (Å²) < 4.78 is 6.34. The maximum atomic E-state index is 5.38. The standard InChI is InChI=1S/C6H17N2OSi/c1-8(2,3)7-4-5-9-10-6-7/h4-6,10H2,1-3H3/q+1. The maximum Gasteiger partial charge on any atom is 0.180 e. The Morgan fingerprint density at radius 2 is 2.10 bits per heavy atom. The van der Waals surface area contributed by atoms with Crippen molar-refractivity contribution in [2.24, 2.45) is 0 Å². The largest absolute Gasteiger partial charge is 0.421 e. The molecule has 0 atom stereocenters. The van der Waals surface area contributed by atoms with Crippen molar-refractivity contribution < 1.29 is 9.02 Å². The van der Waals surface area contributed by atoms with E-state index < -0.39 is 0 Å². The van der Waals surface area contributed by atoms with E-state index in [4.69, 9.17) is 4.43 Å². The predicted molar refractivity (Wildman–Crippen MR) is 44.1 cm³/mol. The third-order valence-electron chi connectivity index (χ3n) is 1.84. The van der Waals surface area contributed by atoms with E-state index in [1.54, 1.807) is 0 Å². The van der Waals surface area contributed by atoms with Crippen LogP contribution < -0.4 is 0 Å². The number of rotatable bonds is 1. The summed E-state index contributed by atoms with van der Waals surface area (Å²) >= 11 is 0. The Bertz CT molecular complexity index is 107. The number of nitrogens with zero attached hydrogens (tertiary/aromatic N) is 2. The van der Waals surface area contributed by atoms with Crippen LogP contribution in [-0.4, -0.2) is 59.8 Å². The summed E-state index contributed by atoms with van der Waals surface area (Å²) in [6, 6.07) is 0. The smallest absolute Gasteiger partial charge is 0.180 e. The summed E-state index contributed by atoms with van der Waals surface area (Å²) in [4.78, 5) is 0. The van der Waals surface area contributed by atoms with Gasteiger partial charge in [0, 0.05) is 0 Å². The summed E-state index contributed by atoms with van der Waals surface area (Å²) in [6.07, 6.45) is 1.20. The molecule has 0 spiro atoms. The highest BCUT2D eigenvalue weighted by atomic mass is 28.2. The molecule has 0 radical (unpaired) electrons. The third kappa shape index (κ3) is 2.05. The van der Waals surface area contributed by atoms with Crippen molar-refractivity contribution in [3.05, 3.63) is 0 Å². The second kappa shape index (κ2) is 3.00. The van der Waals surface area contributed by atoms with Gasteiger partial charge in [-0.1, -0.05) is 0 Å². The van der Waals surface area contributed by atoms with Crippen molar-refractivity contribution in [1.82, 2.24) is 5.01 Å². The summed E-state index contributed by atoms with van der Waals surface area (Å²) in [5.74, 6) is 0. The fourth-order valence-corrected chi connectivity index (χ4v) is 2.65. The Kier molecular flexibility index (Phi) is 2.46. The second-order valence-electron chi connectivity index (χ2n) is 3.51. The molecule has 0 aromatic rings. The zero-order valence-corrected chi connectivity index (χ0v) is 8.55. The van der Waals surface area contributed by atoms with Gasteiger partial charge >= 0.3 is 0 Å². The quantitative estimate of drug-likeness (QED) is 0.361. The van der Waals surface area contributed by atoms with Crippen LogP contribution in [-0.2, 0) is 4.43 Å². The zero-order chi connectivity index (χ0) is 7.61. The minimum Gasteiger partial charge on any atom is -0.421 e. The predicted octanol–water partition coefficient (Wildman–Crippen LogP) is -1.02. The second-order valence-corrected chi connectivity index (χ2v) is 4.77. The van der Waals surface area contributed by atoms with Gasteiger partial charge in [0.25, 0.3) is 0 Å². The molecule has 0 amide bonds. The Morgan fingerprint density at radius 1 is 1.40 bits per heavy atom. The first-order chi connectivity index (χ1) is 4.61. The van der Waals surface area contributed by atoms with E-state index in [1.165, 1.54) is 6.17 Å². The lowest BCUT2D eigenvalue weighted by atomic mass is 10.6. The van der Waals surface area contributed by atoms with Gasteiger partial charge in [0.05, 0.1) is 40.5 Å². The summed E-state index contributed by atoms with van der Waals surface area (Å²) in [5.41, 5.74) is 0. The van der Waals surface area contributed by atoms with E-state index in [0.29, 0.717) is 0 Å². The van der Waals surface area contributed by atoms with E-state index in [9.17, 15) is 0 Å². The van der Waals surface area contributed by atoms with Gasteiger partial charge in [-0.2, -0.15) is 5.01 Å². The van der Waals surface area contributed by atoms with Crippen LogP contribution in [0.25, 0.3) is 0 Å². The lowest BCUT2D eigenvalue weighted by molar-refractivity contribution is -0.985. The molecule has 0 unspecified atom stereocenters. The first kappa shape index (κ1) is 8.20. The molecule has 0 N–H and O–H groups in total. The molecule has 1 fully saturated rings. The van der Waals surface area contributed by atoms with Crippen molar-refractivity contribution in [2.75, 3.05) is 40.5 Å². The molecule has 3 nitrogen and oxygen atoms in total. The zero-order valence-electron chi connectivity index (χ0n) is 7.13. The monoisotopic (exact) mass is 161 g/mol. The molecule has 60 valence electrons. The number of hydrogen-bond acceptors (Lipinski definition) is 2. The molecule has 1 heterocycles.